The smallest absolute Gasteiger partial charge is 0.257 e. The number of carbonyl (C=O) groups is 1. The maximum Gasteiger partial charge on any atom is 0.257 e. The molecule has 2 aromatic carbocycles. The summed E-state index contributed by atoms with van der Waals surface area (Å²) in [6, 6.07) is 16.2. The van der Waals surface area contributed by atoms with Crippen molar-refractivity contribution in [2.75, 3.05) is 13.1 Å². The van der Waals surface area contributed by atoms with Crippen LogP contribution in [0.2, 0.25) is 0 Å². The van der Waals surface area contributed by atoms with Crippen molar-refractivity contribution in [1.29, 1.82) is 0 Å². The molecule has 0 atom stereocenters. The average molecular weight is 540 g/mol. The number of benzene rings is 2. The Balaban J connectivity index is 1.39. The molecule has 1 fully saturated rings. The van der Waals surface area contributed by atoms with Gasteiger partial charge in [0.25, 0.3) is 5.56 Å². The highest BCUT2D eigenvalue weighted by Crippen LogP contribution is 2.29. The van der Waals surface area contributed by atoms with Gasteiger partial charge in [-0.25, -0.2) is 4.98 Å². The minimum atomic E-state index is -0.0309. The molecule has 9 heteroatoms. The lowest BCUT2D eigenvalue weighted by Gasteiger charge is -2.26. The molecule has 4 aromatic rings. The molecule has 1 amide bonds. The van der Waals surface area contributed by atoms with E-state index in [1.807, 2.05) is 40.7 Å². The van der Waals surface area contributed by atoms with Gasteiger partial charge in [0.15, 0.2) is 0 Å². The minimum Gasteiger partial charge on any atom is -0.343 e. The number of rotatable bonds is 10. The fraction of sp³-hybridized carbons (Fsp3) is 0.419. The van der Waals surface area contributed by atoms with Gasteiger partial charge in [-0.15, -0.1) is 10.2 Å². The molecule has 0 saturated carbocycles. The Kier molecular flexibility index (Phi) is 8.78. The molecule has 9 nitrogen and oxygen atoms in total. The second kappa shape index (κ2) is 12.8. The molecule has 0 aliphatic carbocycles. The van der Waals surface area contributed by atoms with E-state index in [1.165, 1.54) is 6.42 Å². The van der Waals surface area contributed by atoms with Crippen LogP contribution < -0.4 is 5.56 Å². The number of unbranched alkanes of at least 4 members (excludes halogenated alkanes) is 1. The predicted molar refractivity (Wildman–Crippen MR) is 155 cm³/mol. The number of nitrogens with zero attached hydrogens (tertiary/aromatic N) is 6. The van der Waals surface area contributed by atoms with E-state index in [-0.39, 0.29) is 11.5 Å². The molecule has 5 rings (SSSR count). The van der Waals surface area contributed by atoms with Crippen molar-refractivity contribution >= 4 is 5.91 Å². The number of aromatic amines is 1. The number of H-pyrrole nitrogens is 1. The molecule has 1 N–H and O–H groups in total. The van der Waals surface area contributed by atoms with E-state index in [1.54, 1.807) is 0 Å². The molecule has 1 saturated heterocycles. The standard InChI is InChI=1S/C31H37N7O2/c1-3-4-12-28-32-22(2)25(17-18-29(39)37-19-8-5-9-20-37)31(40)38(28)21-23-13-15-24(16-14-23)26-10-6-7-11-27(26)30-33-35-36-34-30/h6-7,10-11,13-16H,3-5,8-9,12,17-21H2,1-2H3,(H,33,34,35,36). The van der Waals surface area contributed by atoms with Crippen LogP contribution >= 0.6 is 0 Å². The lowest BCUT2D eigenvalue weighted by atomic mass is 9.98. The van der Waals surface area contributed by atoms with E-state index >= 15 is 0 Å². The van der Waals surface area contributed by atoms with Crippen molar-refractivity contribution in [3.63, 3.8) is 0 Å². The Bertz CT molecular complexity index is 1490. The van der Waals surface area contributed by atoms with E-state index in [9.17, 15) is 9.59 Å². The topological polar surface area (TPSA) is 110 Å². The number of tetrazole rings is 1. The number of aromatic nitrogens is 6. The Hall–Kier alpha value is -4.14. The zero-order chi connectivity index (χ0) is 27.9. The maximum atomic E-state index is 13.8. The van der Waals surface area contributed by atoms with Crippen LogP contribution in [0.15, 0.2) is 53.3 Å². The highest BCUT2D eigenvalue weighted by Gasteiger charge is 2.20. The molecule has 0 spiro atoms. The van der Waals surface area contributed by atoms with Crippen LogP contribution in [0.1, 0.15) is 68.1 Å². The van der Waals surface area contributed by atoms with E-state index < -0.39 is 0 Å². The summed E-state index contributed by atoms with van der Waals surface area (Å²) in [6.07, 6.45) is 6.81. The van der Waals surface area contributed by atoms with Crippen molar-refractivity contribution in [3.8, 4) is 22.5 Å². The van der Waals surface area contributed by atoms with Crippen molar-refractivity contribution < 1.29 is 4.79 Å². The van der Waals surface area contributed by atoms with Crippen LogP contribution in [0.4, 0.5) is 0 Å². The SMILES string of the molecule is CCCCc1nc(C)c(CCC(=O)N2CCCCC2)c(=O)n1Cc1ccc(-c2ccccc2-c2nn[nH]n2)cc1. The molecular weight excluding hydrogens is 502 g/mol. The molecule has 0 unspecified atom stereocenters. The lowest BCUT2D eigenvalue weighted by Crippen LogP contribution is -2.36. The molecule has 0 radical (unpaired) electrons. The number of amides is 1. The maximum absolute atomic E-state index is 13.8. The molecule has 2 aromatic heterocycles. The molecule has 40 heavy (non-hydrogen) atoms. The van der Waals surface area contributed by atoms with Crippen LogP contribution in [-0.4, -0.2) is 54.1 Å². The van der Waals surface area contributed by atoms with E-state index in [2.05, 4.69) is 51.8 Å². The first-order valence-electron chi connectivity index (χ1n) is 14.3. The lowest BCUT2D eigenvalue weighted by molar-refractivity contribution is -0.132. The number of carbonyl (C=O) groups excluding carboxylic acids is 1. The summed E-state index contributed by atoms with van der Waals surface area (Å²) in [5.41, 5.74) is 5.31. The second-order valence-electron chi connectivity index (χ2n) is 10.5. The number of hydrogen-bond donors (Lipinski definition) is 1. The van der Waals surface area contributed by atoms with Crippen LogP contribution in [0, 0.1) is 6.92 Å². The summed E-state index contributed by atoms with van der Waals surface area (Å²) >= 11 is 0. The van der Waals surface area contributed by atoms with E-state index in [0.29, 0.717) is 30.8 Å². The first kappa shape index (κ1) is 27.4. The molecule has 1 aliphatic heterocycles. The summed E-state index contributed by atoms with van der Waals surface area (Å²) in [5.74, 6) is 1.49. The number of likely N-dealkylation sites (tertiary alicyclic amines) is 1. The number of aryl methyl sites for hydroxylation is 2. The van der Waals surface area contributed by atoms with Crippen LogP contribution in [0.25, 0.3) is 22.5 Å². The highest BCUT2D eigenvalue weighted by molar-refractivity contribution is 5.80. The van der Waals surface area contributed by atoms with Gasteiger partial charge in [-0.2, -0.15) is 5.21 Å². The van der Waals surface area contributed by atoms with Gasteiger partial charge in [0.1, 0.15) is 5.82 Å². The summed E-state index contributed by atoms with van der Waals surface area (Å²) in [7, 11) is 0. The highest BCUT2D eigenvalue weighted by atomic mass is 16.2. The fourth-order valence-corrected chi connectivity index (χ4v) is 5.44. The third kappa shape index (κ3) is 6.19. The van der Waals surface area contributed by atoms with Crippen molar-refractivity contribution in [2.24, 2.45) is 0 Å². The van der Waals surface area contributed by atoms with Crippen molar-refractivity contribution in [3.05, 3.63) is 81.5 Å². The van der Waals surface area contributed by atoms with Crippen LogP contribution in [-0.2, 0) is 24.2 Å². The number of piperidine rings is 1. The van der Waals surface area contributed by atoms with Gasteiger partial charge < -0.3 is 4.90 Å². The van der Waals surface area contributed by atoms with Gasteiger partial charge in [-0.1, -0.05) is 61.9 Å². The molecule has 0 bridgehead atoms. The normalized spacial score (nSPS) is 13.5. The third-order valence-electron chi connectivity index (χ3n) is 7.72. The Morgan fingerprint density at radius 1 is 0.975 bits per heavy atom. The molecular formula is C31H37N7O2. The first-order chi connectivity index (χ1) is 19.5. The Morgan fingerprint density at radius 2 is 1.73 bits per heavy atom. The average Bonchev–Trinajstić information content (AvgIpc) is 3.53. The molecule has 208 valence electrons. The number of nitrogens with one attached hydrogen (secondary N) is 1. The third-order valence-corrected chi connectivity index (χ3v) is 7.72. The number of hydrogen-bond acceptors (Lipinski definition) is 6. The Morgan fingerprint density at radius 3 is 2.42 bits per heavy atom. The van der Waals surface area contributed by atoms with Gasteiger partial charge in [-0.05, 0) is 60.9 Å². The quantitative estimate of drug-likeness (QED) is 0.312. The molecule has 3 heterocycles. The van der Waals surface area contributed by atoms with E-state index in [0.717, 1.165) is 79.0 Å². The van der Waals surface area contributed by atoms with Crippen molar-refractivity contribution in [1.82, 2.24) is 35.1 Å². The van der Waals surface area contributed by atoms with Gasteiger partial charge in [0.05, 0.1) is 6.54 Å². The summed E-state index contributed by atoms with van der Waals surface area (Å²) < 4.78 is 1.81. The zero-order valence-electron chi connectivity index (χ0n) is 23.4. The van der Waals surface area contributed by atoms with Gasteiger partial charge >= 0.3 is 0 Å². The summed E-state index contributed by atoms with van der Waals surface area (Å²) in [4.78, 5) is 33.4. The predicted octanol–water partition coefficient (Wildman–Crippen LogP) is 4.73. The minimum absolute atomic E-state index is 0.0309. The second-order valence-corrected chi connectivity index (χ2v) is 10.5. The van der Waals surface area contributed by atoms with Gasteiger partial charge in [0, 0.05) is 42.8 Å². The molecule has 1 aliphatic rings. The van der Waals surface area contributed by atoms with Crippen LogP contribution in [0.3, 0.4) is 0 Å². The summed E-state index contributed by atoms with van der Waals surface area (Å²) in [5, 5.41) is 14.5. The first-order valence-corrected chi connectivity index (χ1v) is 14.3. The van der Waals surface area contributed by atoms with Gasteiger partial charge in [-0.3, -0.25) is 14.2 Å². The monoisotopic (exact) mass is 539 g/mol. The largest absolute Gasteiger partial charge is 0.343 e. The zero-order valence-corrected chi connectivity index (χ0v) is 23.4. The van der Waals surface area contributed by atoms with Crippen LogP contribution in [0.5, 0.6) is 0 Å². The van der Waals surface area contributed by atoms with Crippen molar-refractivity contribution in [2.45, 2.75) is 71.8 Å². The van der Waals surface area contributed by atoms with E-state index in [4.69, 9.17) is 4.98 Å². The fourth-order valence-electron chi connectivity index (χ4n) is 5.44. The van der Waals surface area contributed by atoms with Gasteiger partial charge in [0.2, 0.25) is 11.7 Å². The Labute approximate surface area is 234 Å². The summed E-state index contributed by atoms with van der Waals surface area (Å²) in [6.45, 7) is 6.13.